The maximum atomic E-state index is 13.3. The largest absolute Gasteiger partial charge is 0.483 e. The lowest BCUT2D eigenvalue weighted by atomic mass is 10.1. The Balaban J connectivity index is 1.72. The zero-order valence-corrected chi connectivity index (χ0v) is 15.9. The van der Waals surface area contributed by atoms with Crippen LogP contribution >= 0.6 is 11.3 Å². The second-order valence-corrected chi connectivity index (χ2v) is 6.82. The van der Waals surface area contributed by atoms with E-state index in [1.807, 2.05) is 17.5 Å². The van der Waals surface area contributed by atoms with E-state index >= 15 is 0 Å². The molecular formula is C21H18FNO4S. The van der Waals surface area contributed by atoms with Gasteiger partial charge in [-0.2, -0.15) is 0 Å². The minimum Gasteiger partial charge on any atom is -0.483 e. The van der Waals surface area contributed by atoms with Gasteiger partial charge in [0.2, 0.25) is 0 Å². The number of ether oxygens (including phenoxy) is 2. The van der Waals surface area contributed by atoms with Gasteiger partial charge in [0, 0.05) is 4.88 Å². The molecule has 0 spiro atoms. The number of carbonyl (C=O) groups is 2. The predicted molar refractivity (Wildman–Crippen MR) is 104 cm³/mol. The molecule has 7 heteroatoms. The molecule has 3 rings (SSSR count). The van der Waals surface area contributed by atoms with Crippen molar-refractivity contribution in [3.05, 3.63) is 87.9 Å². The fourth-order valence-corrected chi connectivity index (χ4v) is 3.45. The van der Waals surface area contributed by atoms with Crippen molar-refractivity contribution in [3.63, 3.8) is 0 Å². The van der Waals surface area contributed by atoms with Crippen molar-refractivity contribution in [2.45, 2.75) is 6.04 Å². The molecule has 1 atom stereocenters. The minimum absolute atomic E-state index is 0.242. The van der Waals surface area contributed by atoms with Gasteiger partial charge in [0.15, 0.2) is 6.61 Å². The number of thiophene rings is 1. The SMILES string of the molecule is COC(=O)c1ccccc1OCC(=O)N[C@H](c1ccc(F)cc1)c1cccs1. The molecule has 0 fully saturated rings. The maximum absolute atomic E-state index is 13.3. The lowest BCUT2D eigenvalue weighted by molar-refractivity contribution is -0.123. The van der Waals surface area contributed by atoms with E-state index in [0.29, 0.717) is 0 Å². The molecule has 0 aliphatic heterocycles. The fraction of sp³-hybridized carbons (Fsp3) is 0.143. The van der Waals surface area contributed by atoms with Crippen LogP contribution in [-0.2, 0) is 9.53 Å². The zero-order valence-electron chi connectivity index (χ0n) is 15.1. The van der Waals surface area contributed by atoms with Gasteiger partial charge in [0.1, 0.15) is 17.1 Å². The summed E-state index contributed by atoms with van der Waals surface area (Å²) in [7, 11) is 1.28. The molecule has 1 heterocycles. The summed E-state index contributed by atoms with van der Waals surface area (Å²) in [6.07, 6.45) is 0. The highest BCUT2D eigenvalue weighted by Crippen LogP contribution is 2.26. The molecule has 5 nitrogen and oxygen atoms in total. The van der Waals surface area contributed by atoms with E-state index in [0.717, 1.165) is 10.4 Å². The summed E-state index contributed by atoms with van der Waals surface area (Å²) < 4.78 is 23.5. The quantitative estimate of drug-likeness (QED) is 0.611. The molecule has 0 bridgehead atoms. The first-order valence-electron chi connectivity index (χ1n) is 8.47. The van der Waals surface area contributed by atoms with Crippen molar-refractivity contribution in [1.82, 2.24) is 5.32 Å². The molecule has 0 saturated carbocycles. The van der Waals surface area contributed by atoms with Gasteiger partial charge in [-0.05, 0) is 41.3 Å². The third-order valence-electron chi connectivity index (χ3n) is 3.99. The van der Waals surface area contributed by atoms with Crippen molar-refractivity contribution < 1.29 is 23.5 Å². The number of methoxy groups -OCH3 is 1. The van der Waals surface area contributed by atoms with Gasteiger partial charge in [-0.15, -0.1) is 11.3 Å². The Bertz CT molecular complexity index is 941. The predicted octanol–water partition coefficient (Wildman–Crippen LogP) is 3.96. The van der Waals surface area contributed by atoms with Crippen LogP contribution in [0.3, 0.4) is 0 Å². The third-order valence-corrected chi connectivity index (χ3v) is 4.92. The number of nitrogens with one attached hydrogen (secondary N) is 1. The Morgan fingerprint density at radius 2 is 1.82 bits per heavy atom. The summed E-state index contributed by atoms with van der Waals surface area (Å²) in [6, 6.07) is 15.9. The minimum atomic E-state index is -0.543. The first-order valence-corrected chi connectivity index (χ1v) is 9.35. The van der Waals surface area contributed by atoms with E-state index < -0.39 is 12.0 Å². The Hall–Kier alpha value is -3.19. The summed E-state index contributed by atoms with van der Waals surface area (Å²) in [5.41, 5.74) is 0.998. The first kappa shape index (κ1) is 19.6. The van der Waals surface area contributed by atoms with Gasteiger partial charge in [-0.1, -0.05) is 30.3 Å². The molecule has 28 heavy (non-hydrogen) atoms. The second-order valence-electron chi connectivity index (χ2n) is 5.84. The van der Waals surface area contributed by atoms with E-state index in [4.69, 9.17) is 9.47 Å². The van der Waals surface area contributed by atoms with Crippen molar-refractivity contribution in [1.29, 1.82) is 0 Å². The monoisotopic (exact) mass is 399 g/mol. The molecule has 1 N–H and O–H groups in total. The van der Waals surface area contributed by atoms with E-state index in [1.165, 1.54) is 30.6 Å². The highest BCUT2D eigenvalue weighted by atomic mass is 32.1. The van der Waals surface area contributed by atoms with Crippen molar-refractivity contribution in [2.75, 3.05) is 13.7 Å². The van der Waals surface area contributed by atoms with Crippen LogP contribution in [0.2, 0.25) is 0 Å². The number of hydrogen-bond donors (Lipinski definition) is 1. The van der Waals surface area contributed by atoms with Gasteiger partial charge < -0.3 is 14.8 Å². The maximum Gasteiger partial charge on any atom is 0.341 e. The Labute approximate surface area is 165 Å². The van der Waals surface area contributed by atoms with Crippen molar-refractivity contribution >= 4 is 23.2 Å². The van der Waals surface area contributed by atoms with Gasteiger partial charge in [-0.3, -0.25) is 4.79 Å². The van der Waals surface area contributed by atoms with Crippen LogP contribution in [-0.4, -0.2) is 25.6 Å². The van der Waals surface area contributed by atoms with Crippen LogP contribution in [0.25, 0.3) is 0 Å². The first-order chi connectivity index (χ1) is 13.6. The summed E-state index contributed by atoms with van der Waals surface area (Å²) in [5, 5.41) is 4.80. The van der Waals surface area contributed by atoms with Crippen molar-refractivity contribution in [2.24, 2.45) is 0 Å². The highest BCUT2D eigenvalue weighted by Gasteiger charge is 2.19. The van der Waals surface area contributed by atoms with Crippen LogP contribution < -0.4 is 10.1 Å². The van der Waals surface area contributed by atoms with E-state index in [9.17, 15) is 14.0 Å². The van der Waals surface area contributed by atoms with Gasteiger partial charge >= 0.3 is 5.97 Å². The third kappa shape index (κ3) is 4.75. The molecule has 0 aliphatic rings. The number of hydrogen-bond acceptors (Lipinski definition) is 5. The topological polar surface area (TPSA) is 64.6 Å². The normalized spacial score (nSPS) is 11.5. The Kier molecular flexibility index (Phi) is 6.39. The Morgan fingerprint density at radius 3 is 2.50 bits per heavy atom. The molecular weight excluding hydrogens is 381 g/mol. The Morgan fingerprint density at radius 1 is 1.07 bits per heavy atom. The van der Waals surface area contributed by atoms with Gasteiger partial charge in [0.05, 0.1) is 13.2 Å². The summed E-state index contributed by atoms with van der Waals surface area (Å²) in [5.74, 6) is -0.997. The van der Waals surface area contributed by atoms with E-state index in [1.54, 1.807) is 36.4 Å². The molecule has 144 valence electrons. The van der Waals surface area contributed by atoms with Gasteiger partial charge in [0.25, 0.3) is 5.91 Å². The molecule has 0 unspecified atom stereocenters. The summed E-state index contributed by atoms with van der Waals surface area (Å²) in [6.45, 7) is -0.281. The molecule has 3 aromatic rings. The highest BCUT2D eigenvalue weighted by molar-refractivity contribution is 7.10. The number of esters is 1. The number of carbonyl (C=O) groups excluding carboxylic acids is 2. The molecule has 0 radical (unpaired) electrons. The van der Waals surface area contributed by atoms with Crippen LogP contribution in [0.5, 0.6) is 5.75 Å². The lowest BCUT2D eigenvalue weighted by Gasteiger charge is -2.18. The average molecular weight is 399 g/mol. The molecule has 1 aromatic heterocycles. The second kappa shape index (κ2) is 9.14. The zero-order chi connectivity index (χ0) is 19.9. The number of amides is 1. The average Bonchev–Trinajstić information content (AvgIpc) is 3.25. The van der Waals surface area contributed by atoms with E-state index in [2.05, 4.69) is 5.32 Å². The lowest BCUT2D eigenvalue weighted by Crippen LogP contribution is -2.33. The number of benzene rings is 2. The summed E-state index contributed by atoms with van der Waals surface area (Å²) in [4.78, 5) is 25.2. The standard InChI is InChI=1S/C21H18FNO4S/c1-26-21(25)16-5-2-3-6-17(16)27-13-19(24)23-20(18-7-4-12-28-18)14-8-10-15(22)11-9-14/h2-12,20H,13H2,1H3,(H,23,24)/t20-/m1/s1. The molecule has 2 aromatic carbocycles. The number of rotatable bonds is 7. The van der Waals surface area contributed by atoms with Crippen molar-refractivity contribution in [3.8, 4) is 5.75 Å². The fourth-order valence-electron chi connectivity index (χ4n) is 2.65. The summed E-state index contributed by atoms with van der Waals surface area (Å²) >= 11 is 1.49. The smallest absolute Gasteiger partial charge is 0.341 e. The van der Waals surface area contributed by atoms with Crippen LogP contribution in [0.1, 0.15) is 26.8 Å². The molecule has 0 saturated heterocycles. The molecule has 0 aliphatic carbocycles. The van der Waals surface area contributed by atoms with Crippen LogP contribution in [0, 0.1) is 5.82 Å². The van der Waals surface area contributed by atoms with Gasteiger partial charge in [-0.25, -0.2) is 9.18 Å². The number of halogens is 1. The van der Waals surface area contributed by atoms with Crippen LogP contribution in [0.15, 0.2) is 66.0 Å². The van der Waals surface area contributed by atoms with E-state index in [-0.39, 0.29) is 29.6 Å². The number of para-hydroxylation sites is 1. The molecule has 1 amide bonds. The van der Waals surface area contributed by atoms with Crippen LogP contribution in [0.4, 0.5) is 4.39 Å².